The number of alkyl halides is 6. The summed E-state index contributed by atoms with van der Waals surface area (Å²) in [6.45, 7) is 2.20. The zero-order valence-electron chi connectivity index (χ0n) is 20.1. The topological polar surface area (TPSA) is 61.3 Å². The highest BCUT2D eigenvalue weighted by Gasteiger charge is 2.35. The van der Waals surface area contributed by atoms with Crippen LogP contribution in [0.4, 0.5) is 36.4 Å². The molecule has 0 unspecified atom stereocenters. The van der Waals surface area contributed by atoms with Gasteiger partial charge in [0, 0.05) is 44.0 Å². The number of anilines is 1. The standard InChI is InChI=1S/C25H23F7N4O2/c1-15-21(35-10-8-34(9-11-35)13-16-4-2-5-17(12-16)24(27,28)29)22(37)33-23(38)36(15)14-18-19(25(30,31)32)6-3-7-20(18)26/h2-7,12H,8-11,13-14H2,1H3,(H,33,37,38). The lowest BCUT2D eigenvalue weighted by molar-refractivity contribution is -0.139. The van der Waals surface area contributed by atoms with Crippen LogP contribution in [-0.2, 0) is 25.4 Å². The van der Waals surface area contributed by atoms with Crippen LogP contribution in [-0.4, -0.2) is 40.6 Å². The number of hydrogen-bond acceptors (Lipinski definition) is 4. The molecule has 0 bridgehead atoms. The molecule has 1 N–H and O–H groups in total. The molecular formula is C25H23F7N4O2. The summed E-state index contributed by atoms with van der Waals surface area (Å²) in [5, 5.41) is 0. The quantitative estimate of drug-likeness (QED) is 0.485. The van der Waals surface area contributed by atoms with Crippen LogP contribution in [0.2, 0.25) is 0 Å². The predicted octanol–water partition coefficient (Wildman–Crippen LogP) is 4.39. The zero-order chi connectivity index (χ0) is 27.8. The zero-order valence-corrected chi connectivity index (χ0v) is 20.1. The Morgan fingerprint density at radius 3 is 2.16 bits per heavy atom. The highest BCUT2D eigenvalue weighted by Crippen LogP contribution is 2.34. The fourth-order valence-corrected chi connectivity index (χ4v) is 4.61. The number of hydrogen-bond donors (Lipinski definition) is 1. The third kappa shape index (κ3) is 5.77. The molecule has 0 radical (unpaired) electrons. The molecule has 3 aromatic rings. The van der Waals surface area contributed by atoms with Crippen LogP contribution in [0, 0.1) is 12.7 Å². The fraction of sp³-hybridized carbons (Fsp3) is 0.360. The van der Waals surface area contributed by atoms with Gasteiger partial charge in [-0.25, -0.2) is 9.18 Å². The monoisotopic (exact) mass is 544 g/mol. The average Bonchev–Trinajstić information content (AvgIpc) is 2.82. The minimum atomic E-state index is -4.85. The van der Waals surface area contributed by atoms with Gasteiger partial charge in [-0.3, -0.25) is 19.2 Å². The van der Waals surface area contributed by atoms with Gasteiger partial charge in [-0.05, 0) is 30.7 Å². The van der Waals surface area contributed by atoms with Crippen LogP contribution >= 0.6 is 0 Å². The lowest BCUT2D eigenvalue weighted by Gasteiger charge is -2.36. The molecule has 1 fully saturated rings. The Bertz CT molecular complexity index is 1440. The largest absolute Gasteiger partial charge is 0.416 e. The van der Waals surface area contributed by atoms with Crippen LogP contribution in [0.5, 0.6) is 0 Å². The van der Waals surface area contributed by atoms with Gasteiger partial charge >= 0.3 is 18.0 Å². The summed E-state index contributed by atoms with van der Waals surface area (Å²) in [5.41, 5.74) is -3.80. The summed E-state index contributed by atoms with van der Waals surface area (Å²) in [5.74, 6) is -1.14. The van der Waals surface area contributed by atoms with Crippen molar-refractivity contribution in [3.05, 3.63) is 97.1 Å². The van der Waals surface area contributed by atoms with Crippen LogP contribution in [0.25, 0.3) is 0 Å². The molecule has 1 aliphatic heterocycles. The number of halogens is 7. The highest BCUT2D eigenvalue weighted by molar-refractivity contribution is 5.49. The molecule has 4 rings (SSSR count). The molecule has 204 valence electrons. The number of piperazine rings is 1. The van der Waals surface area contributed by atoms with Gasteiger partial charge in [0.2, 0.25) is 0 Å². The molecule has 2 aromatic carbocycles. The van der Waals surface area contributed by atoms with Crippen molar-refractivity contribution in [1.82, 2.24) is 14.5 Å². The van der Waals surface area contributed by atoms with Gasteiger partial charge in [-0.15, -0.1) is 0 Å². The second-order valence-electron chi connectivity index (χ2n) is 9.00. The molecule has 0 atom stereocenters. The predicted molar refractivity (Wildman–Crippen MR) is 125 cm³/mol. The molecule has 1 aromatic heterocycles. The summed E-state index contributed by atoms with van der Waals surface area (Å²) >= 11 is 0. The first kappa shape index (κ1) is 27.4. The summed E-state index contributed by atoms with van der Waals surface area (Å²) in [6, 6.07) is 7.49. The third-order valence-corrected chi connectivity index (χ3v) is 6.52. The van der Waals surface area contributed by atoms with Gasteiger partial charge in [0.15, 0.2) is 0 Å². The van der Waals surface area contributed by atoms with Gasteiger partial charge in [0.1, 0.15) is 11.5 Å². The maximum atomic E-state index is 14.4. The molecular weight excluding hydrogens is 521 g/mol. The number of rotatable bonds is 5. The molecule has 0 aliphatic carbocycles. The van der Waals surface area contributed by atoms with E-state index in [-0.39, 0.29) is 31.0 Å². The number of benzene rings is 2. The Balaban J connectivity index is 1.56. The number of H-pyrrole nitrogens is 1. The molecule has 0 amide bonds. The van der Waals surface area contributed by atoms with E-state index in [0.29, 0.717) is 18.7 Å². The van der Waals surface area contributed by atoms with Gasteiger partial charge in [-0.1, -0.05) is 24.3 Å². The van der Waals surface area contributed by atoms with Crippen molar-refractivity contribution in [3.63, 3.8) is 0 Å². The smallest absolute Gasteiger partial charge is 0.363 e. The maximum absolute atomic E-state index is 14.4. The Labute approximate surface area is 211 Å². The van der Waals surface area contributed by atoms with E-state index in [2.05, 4.69) is 4.98 Å². The third-order valence-electron chi connectivity index (χ3n) is 6.52. The van der Waals surface area contributed by atoms with Crippen LogP contribution in [0.3, 0.4) is 0 Å². The number of nitrogens with zero attached hydrogens (tertiary/aromatic N) is 3. The average molecular weight is 544 g/mol. The molecule has 1 saturated heterocycles. The van der Waals surface area contributed by atoms with E-state index < -0.39 is 52.7 Å². The summed E-state index contributed by atoms with van der Waals surface area (Å²) in [7, 11) is 0. The van der Waals surface area contributed by atoms with E-state index in [1.807, 2.05) is 4.90 Å². The molecule has 6 nitrogen and oxygen atoms in total. The lowest BCUT2D eigenvalue weighted by atomic mass is 10.1. The van der Waals surface area contributed by atoms with E-state index in [4.69, 9.17) is 0 Å². The summed E-state index contributed by atoms with van der Waals surface area (Å²) < 4.78 is 94.7. The highest BCUT2D eigenvalue weighted by atomic mass is 19.4. The Morgan fingerprint density at radius 2 is 1.53 bits per heavy atom. The van der Waals surface area contributed by atoms with E-state index in [9.17, 15) is 40.3 Å². The molecule has 13 heteroatoms. The fourth-order valence-electron chi connectivity index (χ4n) is 4.61. The maximum Gasteiger partial charge on any atom is 0.416 e. The number of aromatic amines is 1. The minimum absolute atomic E-state index is 0.0632. The van der Waals surface area contributed by atoms with Crippen LogP contribution in [0.15, 0.2) is 52.1 Å². The van der Waals surface area contributed by atoms with Crippen molar-refractivity contribution in [3.8, 4) is 0 Å². The second-order valence-corrected chi connectivity index (χ2v) is 9.00. The summed E-state index contributed by atoms with van der Waals surface area (Å²) in [4.78, 5) is 30.9. The van der Waals surface area contributed by atoms with Gasteiger partial charge in [0.25, 0.3) is 5.56 Å². The molecule has 2 heterocycles. The van der Waals surface area contributed by atoms with Crippen molar-refractivity contribution in [2.45, 2.75) is 32.4 Å². The molecule has 38 heavy (non-hydrogen) atoms. The Morgan fingerprint density at radius 1 is 0.868 bits per heavy atom. The second kappa shape index (κ2) is 10.3. The van der Waals surface area contributed by atoms with Crippen molar-refractivity contribution < 1.29 is 30.7 Å². The number of nitrogens with one attached hydrogen (secondary N) is 1. The summed E-state index contributed by atoms with van der Waals surface area (Å²) in [6.07, 6.45) is -9.31. The van der Waals surface area contributed by atoms with Crippen molar-refractivity contribution in [2.24, 2.45) is 0 Å². The first-order valence-corrected chi connectivity index (χ1v) is 11.6. The van der Waals surface area contributed by atoms with E-state index in [1.165, 1.54) is 13.0 Å². The van der Waals surface area contributed by atoms with E-state index in [0.717, 1.165) is 34.9 Å². The van der Waals surface area contributed by atoms with Crippen LogP contribution < -0.4 is 16.1 Å². The molecule has 0 spiro atoms. The minimum Gasteiger partial charge on any atom is -0.363 e. The Hall–Kier alpha value is -3.61. The van der Waals surface area contributed by atoms with E-state index >= 15 is 0 Å². The Kier molecular flexibility index (Phi) is 7.42. The van der Waals surface area contributed by atoms with Crippen molar-refractivity contribution >= 4 is 5.69 Å². The van der Waals surface area contributed by atoms with Crippen molar-refractivity contribution in [2.75, 3.05) is 31.1 Å². The number of aromatic nitrogens is 2. The van der Waals surface area contributed by atoms with Gasteiger partial charge in [-0.2, -0.15) is 26.3 Å². The van der Waals surface area contributed by atoms with Crippen molar-refractivity contribution in [1.29, 1.82) is 0 Å². The first-order chi connectivity index (χ1) is 17.8. The lowest BCUT2D eigenvalue weighted by Crippen LogP contribution is -2.49. The van der Waals surface area contributed by atoms with Gasteiger partial charge in [0.05, 0.1) is 17.7 Å². The molecule has 1 aliphatic rings. The SMILES string of the molecule is Cc1c(N2CCN(Cc3cccc(C(F)(F)F)c3)CC2)c(=O)[nH]c(=O)n1Cc1c(F)cccc1C(F)(F)F. The van der Waals surface area contributed by atoms with E-state index in [1.54, 1.807) is 11.0 Å². The van der Waals surface area contributed by atoms with Gasteiger partial charge < -0.3 is 4.90 Å². The first-order valence-electron chi connectivity index (χ1n) is 11.6. The van der Waals surface area contributed by atoms with Crippen LogP contribution in [0.1, 0.15) is 27.9 Å². The normalized spacial score (nSPS) is 15.2. The molecule has 0 saturated carbocycles.